The number of pyridine rings is 1. The molecule has 0 spiro atoms. The molecule has 160 valence electrons. The average molecular weight is 412 g/mol. The number of carbonyl (C=O) groups excluding carboxylic acids is 2. The summed E-state index contributed by atoms with van der Waals surface area (Å²) in [6, 6.07) is 7.82. The minimum atomic E-state index is -0.0595. The SMILES string of the molecule is Cc1cc(C(=O)N2CCC(N3CCC[C@H](C(=O)NCc4ccccn4)C3)CC2)no1. The van der Waals surface area contributed by atoms with E-state index in [2.05, 4.69) is 20.4 Å². The third-order valence-electron chi connectivity index (χ3n) is 6.11. The molecule has 2 aromatic heterocycles. The van der Waals surface area contributed by atoms with E-state index in [4.69, 9.17) is 4.52 Å². The van der Waals surface area contributed by atoms with Crippen LogP contribution in [0.1, 0.15) is 47.6 Å². The molecule has 4 rings (SSSR count). The predicted molar refractivity (Wildman–Crippen MR) is 111 cm³/mol. The van der Waals surface area contributed by atoms with Crippen molar-refractivity contribution < 1.29 is 14.1 Å². The Morgan fingerprint density at radius 1 is 1.20 bits per heavy atom. The highest BCUT2D eigenvalue weighted by molar-refractivity contribution is 5.92. The fourth-order valence-electron chi connectivity index (χ4n) is 4.44. The number of nitrogens with zero attached hydrogens (tertiary/aromatic N) is 4. The molecule has 0 radical (unpaired) electrons. The Kier molecular flexibility index (Phi) is 6.42. The van der Waals surface area contributed by atoms with Gasteiger partial charge in [-0.25, -0.2) is 0 Å². The molecule has 2 fully saturated rings. The van der Waals surface area contributed by atoms with Crippen LogP contribution in [0, 0.1) is 12.8 Å². The second kappa shape index (κ2) is 9.38. The first-order chi connectivity index (χ1) is 14.6. The van der Waals surface area contributed by atoms with Gasteiger partial charge in [0.25, 0.3) is 5.91 Å². The fourth-order valence-corrected chi connectivity index (χ4v) is 4.44. The van der Waals surface area contributed by atoms with Gasteiger partial charge in [-0.2, -0.15) is 0 Å². The molecule has 2 amide bonds. The Morgan fingerprint density at radius 3 is 2.73 bits per heavy atom. The summed E-state index contributed by atoms with van der Waals surface area (Å²) < 4.78 is 5.03. The number of aryl methyl sites for hydroxylation is 1. The Hall–Kier alpha value is -2.74. The third kappa shape index (κ3) is 4.87. The molecular formula is C22H29N5O3. The maximum Gasteiger partial charge on any atom is 0.276 e. The van der Waals surface area contributed by atoms with Gasteiger partial charge < -0.3 is 14.7 Å². The van der Waals surface area contributed by atoms with Crippen molar-refractivity contribution in [3.63, 3.8) is 0 Å². The van der Waals surface area contributed by atoms with E-state index in [9.17, 15) is 9.59 Å². The van der Waals surface area contributed by atoms with Crippen LogP contribution in [0.15, 0.2) is 35.0 Å². The summed E-state index contributed by atoms with van der Waals surface area (Å²) in [6.45, 7) is 5.48. The van der Waals surface area contributed by atoms with Crippen LogP contribution >= 0.6 is 0 Å². The van der Waals surface area contributed by atoms with Crippen LogP contribution in [-0.2, 0) is 11.3 Å². The molecule has 8 nitrogen and oxygen atoms in total. The van der Waals surface area contributed by atoms with Gasteiger partial charge in [-0.1, -0.05) is 11.2 Å². The molecule has 0 aromatic carbocycles. The van der Waals surface area contributed by atoms with Crippen molar-refractivity contribution in [1.82, 2.24) is 25.3 Å². The van der Waals surface area contributed by atoms with Gasteiger partial charge in [-0.3, -0.25) is 19.5 Å². The first-order valence-electron chi connectivity index (χ1n) is 10.7. The zero-order valence-corrected chi connectivity index (χ0v) is 17.4. The minimum Gasteiger partial charge on any atom is -0.361 e. The first-order valence-corrected chi connectivity index (χ1v) is 10.7. The number of carbonyl (C=O) groups is 2. The van der Waals surface area contributed by atoms with Gasteiger partial charge in [0.2, 0.25) is 5.91 Å². The maximum absolute atomic E-state index is 12.7. The van der Waals surface area contributed by atoms with Gasteiger partial charge in [-0.05, 0) is 51.3 Å². The highest BCUT2D eigenvalue weighted by Crippen LogP contribution is 2.25. The largest absolute Gasteiger partial charge is 0.361 e. The summed E-state index contributed by atoms with van der Waals surface area (Å²) in [5.74, 6) is 0.712. The monoisotopic (exact) mass is 411 g/mol. The number of hydrogen-bond donors (Lipinski definition) is 1. The van der Waals surface area contributed by atoms with Crippen LogP contribution in [0.2, 0.25) is 0 Å². The molecule has 8 heteroatoms. The van der Waals surface area contributed by atoms with Crippen molar-refractivity contribution in [1.29, 1.82) is 0 Å². The van der Waals surface area contributed by atoms with Gasteiger partial charge in [0.1, 0.15) is 5.76 Å². The fraction of sp³-hybridized carbons (Fsp3) is 0.545. The van der Waals surface area contributed by atoms with Crippen molar-refractivity contribution in [2.75, 3.05) is 26.2 Å². The summed E-state index contributed by atoms with van der Waals surface area (Å²) in [4.78, 5) is 33.8. The number of hydrogen-bond acceptors (Lipinski definition) is 6. The van der Waals surface area contributed by atoms with Gasteiger partial charge >= 0.3 is 0 Å². The van der Waals surface area contributed by atoms with Crippen LogP contribution in [0.25, 0.3) is 0 Å². The van der Waals surface area contributed by atoms with Crippen molar-refractivity contribution in [3.8, 4) is 0 Å². The van der Waals surface area contributed by atoms with Crippen LogP contribution in [0.3, 0.4) is 0 Å². The highest BCUT2D eigenvalue weighted by Gasteiger charge is 2.33. The first kappa shape index (κ1) is 20.5. The summed E-state index contributed by atoms with van der Waals surface area (Å²) in [6.07, 6.45) is 5.53. The molecule has 30 heavy (non-hydrogen) atoms. The van der Waals surface area contributed by atoms with Gasteiger partial charge in [0, 0.05) is 37.9 Å². The molecular weight excluding hydrogens is 382 g/mol. The molecule has 0 saturated carbocycles. The molecule has 2 aromatic rings. The van der Waals surface area contributed by atoms with E-state index < -0.39 is 0 Å². The van der Waals surface area contributed by atoms with Gasteiger partial charge in [0.05, 0.1) is 18.2 Å². The van der Waals surface area contributed by atoms with E-state index in [0.29, 0.717) is 37.1 Å². The zero-order valence-electron chi connectivity index (χ0n) is 17.4. The summed E-state index contributed by atoms with van der Waals surface area (Å²) in [5, 5.41) is 6.88. The van der Waals surface area contributed by atoms with E-state index in [1.54, 1.807) is 19.2 Å². The molecule has 1 atom stereocenters. The summed E-state index contributed by atoms with van der Waals surface area (Å²) >= 11 is 0. The molecule has 2 aliphatic heterocycles. The number of aromatic nitrogens is 2. The number of amides is 2. The zero-order chi connectivity index (χ0) is 20.9. The van der Waals surface area contributed by atoms with Crippen LogP contribution in [0.4, 0.5) is 0 Å². The third-order valence-corrected chi connectivity index (χ3v) is 6.11. The molecule has 2 aliphatic rings. The lowest BCUT2D eigenvalue weighted by Gasteiger charge is -2.41. The molecule has 0 aliphatic carbocycles. The molecule has 4 heterocycles. The normalized spacial score (nSPS) is 20.8. The van der Waals surface area contributed by atoms with E-state index >= 15 is 0 Å². The number of nitrogens with one attached hydrogen (secondary N) is 1. The predicted octanol–water partition coefficient (Wildman–Crippen LogP) is 2.01. The van der Waals surface area contributed by atoms with E-state index in [1.165, 1.54) is 0 Å². The Balaban J connectivity index is 1.26. The second-order valence-corrected chi connectivity index (χ2v) is 8.22. The number of likely N-dealkylation sites (tertiary alicyclic amines) is 2. The lowest BCUT2D eigenvalue weighted by molar-refractivity contribution is -0.127. The Labute approximate surface area is 176 Å². The van der Waals surface area contributed by atoms with Crippen molar-refractivity contribution in [3.05, 3.63) is 47.6 Å². The topological polar surface area (TPSA) is 91.6 Å². The lowest BCUT2D eigenvalue weighted by Crippen LogP contribution is -2.51. The van der Waals surface area contributed by atoms with Crippen molar-refractivity contribution >= 4 is 11.8 Å². The second-order valence-electron chi connectivity index (χ2n) is 8.22. The smallest absolute Gasteiger partial charge is 0.276 e. The summed E-state index contributed by atoms with van der Waals surface area (Å²) in [5.41, 5.74) is 1.26. The number of piperidine rings is 2. The minimum absolute atomic E-state index is 0.0141. The average Bonchev–Trinajstić information content (AvgIpc) is 3.24. The molecule has 2 saturated heterocycles. The van der Waals surface area contributed by atoms with Gasteiger partial charge in [0.15, 0.2) is 5.69 Å². The van der Waals surface area contributed by atoms with Gasteiger partial charge in [-0.15, -0.1) is 0 Å². The number of rotatable bonds is 5. The Bertz CT molecular complexity index is 861. The maximum atomic E-state index is 12.7. The molecule has 0 bridgehead atoms. The lowest BCUT2D eigenvalue weighted by atomic mass is 9.93. The summed E-state index contributed by atoms with van der Waals surface area (Å²) in [7, 11) is 0. The van der Waals surface area contributed by atoms with E-state index in [1.807, 2.05) is 23.1 Å². The molecule has 0 unspecified atom stereocenters. The highest BCUT2D eigenvalue weighted by atomic mass is 16.5. The molecule has 1 N–H and O–H groups in total. The van der Waals surface area contributed by atoms with Crippen LogP contribution in [0.5, 0.6) is 0 Å². The van der Waals surface area contributed by atoms with E-state index in [-0.39, 0.29) is 17.7 Å². The van der Waals surface area contributed by atoms with E-state index in [0.717, 1.165) is 44.5 Å². The quantitative estimate of drug-likeness (QED) is 0.809. The standard InChI is InChI=1S/C22H29N5O3/c1-16-13-20(25-30-16)22(29)26-11-7-19(8-12-26)27-10-4-5-17(15-27)21(28)24-14-18-6-2-3-9-23-18/h2-3,6,9,13,17,19H,4-5,7-8,10-12,14-15H2,1H3,(H,24,28)/t17-/m0/s1. The Morgan fingerprint density at radius 2 is 2.03 bits per heavy atom. The van der Waals surface area contributed by atoms with Crippen LogP contribution < -0.4 is 5.32 Å². The van der Waals surface area contributed by atoms with Crippen LogP contribution in [-0.4, -0.2) is 64.0 Å². The van der Waals surface area contributed by atoms with Crippen molar-refractivity contribution in [2.24, 2.45) is 5.92 Å². The van der Waals surface area contributed by atoms with Crippen molar-refractivity contribution in [2.45, 2.75) is 45.2 Å².